The van der Waals surface area contributed by atoms with Gasteiger partial charge in [0.05, 0.1) is 0 Å². The molecule has 0 unspecified atom stereocenters. The Balaban J connectivity index is 1.67. The second-order valence-electron chi connectivity index (χ2n) is 8.59. The van der Waals surface area contributed by atoms with Crippen LogP contribution in [-0.4, -0.2) is 69.8 Å². The van der Waals surface area contributed by atoms with Crippen LogP contribution in [0, 0.1) is 5.92 Å². The molecule has 8 nitrogen and oxygen atoms in total. The number of carboxylic acid groups (broad SMARTS) is 1. The summed E-state index contributed by atoms with van der Waals surface area (Å²) in [6.45, 7) is 0.815. The van der Waals surface area contributed by atoms with Crippen molar-refractivity contribution in [2.24, 2.45) is 5.92 Å². The lowest BCUT2D eigenvalue weighted by Gasteiger charge is -2.31. The van der Waals surface area contributed by atoms with E-state index >= 15 is 0 Å². The van der Waals surface area contributed by atoms with Crippen LogP contribution in [0.4, 0.5) is 0 Å². The van der Waals surface area contributed by atoms with Crippen molar-refractivity contribution in [3.63, 3.8) is 0 Å². The van der Waals surface area contributed by atoms with E-state index in [0.717, 1.165) is 16.7 Å². The summed E-state index contributed by atoms with van der Waals surface area (Å²) in [5.41, 5.74) is 2.70. The number of halogens is 1. The van der Waals surface area contributed by atoms with Crippen LogP contribution < -0.4 is 5.32 Å². The summed E-state index contributed by atoms with van der Waals surface area (Å²) in [4.78, 5) is 37.8. The van der Waals surface area contributed by atoms with Gasteiger partial charge in [-0.15, -0.1) is 0 Å². The van der Waals surface area contributed by atoms with Crippen molar-refractivity contribution in [3.05, 3.63) is 59.1 Å². The van der Waals surface area contributed by atoms with Gasteiger partial charge in [0.15, 0.2) is 6.10 Å². The number of hydrogen-bond acceptors (Lipinski definition) is 5. The Hall–Kier alpha value is -2.94. The predicted octanol–water partition coefficient (Wildman–Crippen LogP) is 2.10. The number of hydrogen-bond donors (Lipinski definition) is 4. The van der Waals surface area contributed by atoms with Gasteiger partial charge in [0.1, 0.15) is 0 Å². The van der Waals surface area contributed by atoms with E-state index in [1.807, 2.05) is 42.5 Å². The van der Waals surface area contributed by atoms with Crippen LogP contribution >= 0.6 is 11.6 Å². The number of aliphatic carboxylic acids is 1. The van der Waals surface area contributed by atoms with Gasteiger partial charge in [0.25, 0.3) is 0 Å². The summed E-state index contributed by atoms with van der Waals surface area (Å²) in [6.07, 6.45) is -0.430. The number of carbonyl (C=O) groups is 3. The molecular formula is C25H29ClN2O6. The smallest absolute Gasteiger partial charge is 0.332 e. The number of benzene rings is 2. The summed E-state index contributed by atoms with van der Waals surface area (Å²) < 4.78 is 0. The number of carbonyl (C=O) groups excluding carboxylic acids is 2. The van der Waals surface area contributed by atoms with E-state index in [1.54, 1.807) is 6.07 Å². The normalized spacial score (nSPS) is 16.0. The Kier molecular flexibility index (Phi) is 9.04. The van der Waals surface area contributed by atoms with E-state index in [1.165, 1.54) is 4.90 Å². The molecule has 2 aromatic rings. The van der Waals surface area contributed by atoms with Crippen LogP contribution in [0.15, 0.2) is 48.5 Å². The number of nitrogens with zero attached hydrogens (tertiary/aromatic N) is 1. The maximum atomic E-state index is 12.6. The second kappa shape index (κ2) is 12.0. The highest BCUT2D eigenvalue weighted by Gasteiger charge is 2.29. The maximum Gasteiger partial charge on any atom is 0.332 e. The minimum Gasteiger partial charge on any atom is -0.479 e. The first-order valence-electron chi connectivity index (χ1n) is 11.2. The van der Waals surface area contributed by atoms with Gasteiger partial charge in [-0.25, -0.2) is 4.79 Å². The van der Waals surface area contributed by atoms with Crippen molar-refractivity contribution >= 4 is 29.4 Å². The Morgan fingerprint density at radius 3 is 2.32 bits per heavy atom. The third kappa shape index (κ3) is 7.03. The van der Waals surface area contributed by atoms with E-state index in [0.29, 0.717) is 31.0 Å². The molecule has 0 radical (unpaired) electrons. The lowest BCUT2D eigenvalue weighted by atomic mass is 9.97. The van der Waals surface area contributed by atoms with Crippen LogP contribution in [0.5, 0.6) is 0 Å². The van der Waals surface area contributed by atoms with E-state index in [4.69, 9.17) is 16.7 Å². The molecule has 0 saturated carbocycles. The van der Waals surface area contributed by atoms with Gasteiger partial charge < -0.3 is 25.5 Å². The highest BCUT2D eigenvalue weighted by Crippen LogP contribution is 2.23. The van der Waals surface area contributed by atoms with Crippen LogP contribution in [0.2, 0.25) is 5.02 Å². The Morgan fingerprint density at radius 2 is 1.74 bits per heavy atom. The molecule has 1 fully saturated rings. The van der Waals surface area contributed by atoms with Gasteiger partial charge in [-0.1, -0.05) is 48.0 Å². The van der Waals surface area contributed by atoms with E-state index < -0.39 is 29.9 Å². The minimum absolute atomic E-state index is 0.0550. The molecule has 0 bridgehead atoms. The average molecular weight is 489 g/mol. The van der Waals surface area contributed by atoms with Gasteiger partial charge in [-0.3, -0.25) is 9.59 Å². The zero-order valence-electron chi connectivity index (χ0n) is 18.7. The number of aliphatic hydroxyl groups excluding tert-OH is 2. The van der Waals surface area contributed by atoms with Crippen molar-refractivity contribution in [3.8, 4) is 11.1 Å². The molecule has 0 spiro atoms. The average Bonchev–Trinajstić information content (AvgIpc) is 2.84. The zero-order valence-corrected chi connectivity index (χ0v) is 19.4. The maximum absolute atomic E-state index is 12.6. The molecule has 2 amide bonds. The highest BCUT2D eigenvalue weighted by molar-refractivity contribution is 6.35. The van der Waals surface area contributed by atoms with E-state index in [9.17, 15) is 24.6 Å². The van der Waals surface area contributed by atoms with Gasteiger partial charge in [-0.05, 0) is 54.0 Å². The largest absolute Gasteiger partial charge is 0.479 e. The molecule has 4 N–H and O–H groups in total. The molecule has 182 valence electrons. The molecule has 1 heterocycles. The number of piperidine rings is 1. The molecule has 3 rings (SSSR count). The van der Waals surface area contributed by atoms with Crippen molar-refractivity contribution in [2.45, 2.75) is 37.8 Å². The molecule has 1 aliphatic rings. The third-order valence-electron chi connectivity index (χ3n) is 6.08. The molecule has 2 aromatic carbocycles. The number of amides is 2. The Bertz CT molecular complexity index is 1000. The zero-order chi connectivity index (χ0) is 24.7. The number of carboxylic acids is 1. The van der Waals surface area contributed by atoms with E-state index in [2.05, 4.69) is 5.32 Å². The van der Waals surface area contributed by atoms with Crippen molar-refractivity contribution in [1.82, 2.24) is 10.2 Å². The lowest BCUT2D eigenvalue weighted by Crippen LogP contribution is -2.50. The fraction of sp³-hybridized carbons (Fsp3) is 0.400. The third-order valence-corrected chi connectivity index (χ3v) is 6.31. The SMILES string of the molecule is O=C(N[C@H](Cc1ccc(-c2cccc(Cl)c2)cc1)C[C@@H](O)C(=O)O)C(=O)N1CCC(CO)CC1. The Morgan fingerprint density at radius 1 is 1.06 bits per heavy atom. The number of likely N-dealkylation sites (tertiary alicyclic amines) is 1. The molecule has 1 aliphatic heterocycles. The summed E-state index contributed by atoms with van der Waals surface area (Å²) in [5, 5.41) is 31.5. The number of rotatable bonds is 8. The van der Waals surface area contributed by atoms with Gasteiger partial charge in [0.2, 0.25) is 0 Å². The summed E-state index contributed by atoms with van der Waals surface area (Å²) >= 11 is 6.06. The van der Waals surface area contributed by atoms with Crippen LogP contribution in [0.3, 0.4) is 0 Å². The Labute approximate surface area is 203 Å². The highest BCUT2D eigenvalue weighted by atomic mass is 35.5. The van der Waals surface area contributed by atoms with Crippen molar-refractivity contribution < 1.29 is 29.7 Å². The van der Waals surface area contributed by atoms with E-state index in [-0.39, 0.29) is 25.4 Å². The first-order chi connectivity index (χ1) is 16.3. The van der Waals surface area contributed by atoms with Crippen LogP contribution in [0.1, 0.15) is 24.8 Å². The second-order valence-corrected chi connectivity index (χ2v) is 9.03. The first kappa shape index (κ1) is 25.7. The molecule has 1 saturated heterocycles. The minimum atomic E-state index is -1.67. The number of nitrogens with one attached hydrogen (secondary N) is 1. The summed E-state index contributed by atoms with van der Waals surface area (Å²) in [7, 11) is 0. The van der Waals surface area contributed by atoms with Gasteiger partial charge in [-0.2, -0.15) is 0 Å². The molecule has 2 atom stereocenters. The predicted molar refractivity (Wildman–Crippen MR) is 127 cm³/mol. The molecule has 9 heteroatoms. The van der Waals surface area contributed by atoms with Crippen LogP contribution in [-0.2, 0) is 20.8 Å². The summed E-state index contributed by atoms with van der Waals surface area (Å²) in [5.74, 6) is -2.79. The van der Waals surface area contributed by atoms with Crippen molar-refractivity contribution in [2.75, 3.05) is 19.7 Å². The monoisotopic (exact) mass is 488 g/mol. The fourth-order valence-corrected chi connectivity index (χ4v) is 4.25. The molecule has 0 aromatic heterocycles. The first-order valence-corrected chi connectivity index (χ1v) is 11.6. The quantitative estimate of drug-likeness (QED) is 0.421. The lowest BCUT2D eigenvalue weighted by molar-refractivity contribution is -0.149. The topological polar surface area (TPSA) is 127 Å². The van der Waals surface area contributed by atoms with Crippen molar-refractivity contribution in [1.29, 1.82) is 0 Å². The number of aliphatic hydroxyl groups is 2. The van der Waals surface area contributed by atoms with Gasteiger partial charge >= 0.3 is 17.8 Å². The molecule has 34 heavy (non-hydrogen) atoms. The fourth-order valence-electron chi connectivity index (χ4n) is 4.06. The van der Waals surface area contributed by atoms with Crippen LogP contribution in [0.25, 0.3) is 11.1 Å². The summed E-state index contributed by atoms with van der Waals surface area (Å²) in [6, 6.07) is 14.2. The molecule has 0 aliphatic carbocycles. The standard InChI is InChI=1S/C25H29ClN2O6/c26-20-3-1-2-19(13-20)18-6-4-16(5-7-18)12-21(14-22(30)25(33)34)27-23(31)24(32)28-10-8-17(15-29)9-11-28/h1-7,13,17,21-22,29-30H,8-12,14-15H2,(H,27,31)(H,33,34)/t21-,22-/m1/s1. The van der Waals surface area contributed by atoms with Gasteiger partial charge in [0, 0.05) is 37.2 Å². The molecular weight excluding hydrogens is 460 g/mol.